The molecule has 4 nitrogen and oxygen atoms in total. The number of hydrogen-bond acceptors (Lipinski definition) is 4. The number of benzene rings is 1. The van der Waals surface area contributed by atoms with Crippen molar-refractivity contribution in [3.05, 3.63) is 34.6 Å². The molecule has 23 heavy (non-hydrogen) atoms. The Labute approximate surface area is 143 Å². The summed E-state index contributed by atoms with van der Waals surface area (Å²) in [4.78, 5) is 4.43. The maximum atomic E-state index is 13.6. The molecule has 1 unspecified atom stereocenters. The predicted molar refractivity (Wildman–Crippen MR) is 92.3 cm³/mol. The monoisotopic (exact) mass is 382 g/mol. The molecule has 124 valence electrons. The summed E-state index contributed by atoms with van der Waals surface area (Å²) in [6.07, 6.45) is 3.41. The molecular formula is C17H20BrFN2O2. The molecular weight excluding hydrogens is 363 g/mol. The summed E-state index contributed by atoms with van der Waals surface area (Å²) in [5, 5.41) is 4.15. The second-order valence-corrected chi connectivity index (χ2v) is 6.50. The lowest BCUT2D eigenvalue weighted by molar-refractivity contribution is 0.0172. The van der Waals surface area contributed by atoms with Gasteiger partial charge in [-0.3, -0.25) is 0 Å². The van der Waals surface area contributed by atoms with Crippen LogP contribution < -0.4 is 5.32 Å². The summed E-state index contributed by atoms with van der Waals surface area (Å²) in [6.45, 7) is 3.01. The smallest absolute Gasteiger partial charge is 0.139 e. The van der Waals surface area contributed by atoms with Gasteiger partial charge in [-0.15, -0.1) is 0 Å². The highest BCUT2D eigenvalue weighted by molar-refractivity contribution is 9.10. The zero-order valence-electron chi connectivity index (χ0n) is 12.9. The third kappa shape index (κ3) is 4.62. The highest BCUT2D eigenvalue weighted by atomic mass is 79.9. The molecule has 1 saturated heterocycles. The number of fused-ring (bicyclic) bond motifs is 1. The summed E-state index contributed by atoms with van der Waals surface area (Å²) < 4.78 is 25.1. The van der Waals surface area contributed by atoms with Gasteiger partial charge >= 0.3 is 0 Å². The van der Waals surface area contributed by atoms with E-state index in [0.717, 1.165) is 43.6 Å². The maximum Gasteiger partial charge on any atom is 0.139 e. The Morgan fingerprint density at radius 1 is 1.39 bits per heavy atom. The van der Waals surface area contributed by atoms with Crippen LogP contribution in [0.1, 0.15) is 19.3 Å². The van der Waals surface area contributed by atoms with Crippen molar-refractivity contribution in [2.24, 2.45) is 0 Å². The topological polar surface area (TPSA) is 43.4 Å². The summed E-state index contributed by atoms with van der Waals surface area (Å²) in [5.41, 5.74) is 0.644. The maximum absolute atomic E-state index is 13.6. The molecule has 0 bridgehead atoms. The third-order valence-electron chi connectivity index (χ3n) is 3.83. The van der Waals surface area contributed by atoms with Crippen LogP contribution in [0.25, 0.3) is 10.9 Å². The van der Waals surface area contributed by atoms with Crippen molar-refractivity contribution in [2.45, 2.75) is 25.4 Å². The summed E-state index contributed by atoms with van der Waals surface area (Å²) >= 11 is 3.18. The number of anilines is 1. The van der Waals surface area contributed by atoms with Crippen molar-refractivity contribution in [1.29, 1.82) is 0 Å². The van der Waals surface area contributed by atoms with Gasteiger partial charge in [0.05, 0.1) is 22.7 Å². The average molecular weight is 383 g/mol. The van der Waals surface area contributed by atoms with Crippen molar-refractivity contribution in [1.82, 2.24) is 4.98 Å². The highest BCUT2D eigenvalue weighted by Gasteiger charge is 2.14. The van der Waals surface area contributed by atoms with E-state index < -0.39 is 0 Å². The van der Waals surface area contributed by atoms with Crippen molar-refractivity contribution in [3.63, 3.8) is 0 Å². The average Bonchev–Trinajstić information content (AvgIpc) is 3.05. The molecule has 6 heteroatoms. The van der Waals surface area contributed by atoms with E-state index >= 15 is 0 Å². The van der Waals surface area contributed by atoms with E-state index in [2.05, 4.69) is 26.2 Å². The van der Waals surface area contributed by atoms with Crippen LogP contribution in [0.2, 0.25) is 0 Å². The van der Waals surface area contributed by atoms with Crippen LogP contribution in [0.5, 0.6) is 0 Å². The predicted octanol–water partition coefficient (Wildman–Crippen LogP) is 4.13. The van der Waals surface area contributed by atoms with E-state index in [9.17, 15) is 4.39 Å². The molecule has 1 aliphatic rings. The molecule has 0 amide bonds. The molecule has 1 atom stereocenters. The third-order valence-corrected chi connectivity index (χ3v) is 4.44. The van der Waals surface area contributed by atoms with Gasteiger partial charge in [-0.2, -0.15) is 0 Å². The standard InChI is InChI=1S/C17H20BrFN2O2/c18-14-9-12-4-5-17(21-16(12)10-15(14)19)20-6-2-7-22-11-13-3-1-8-23-13/h4-5,9-10,13H,1-3,6-8,11H2,(H,20,21). The van der Waals surface area contributed by atoms with Crippen LogP contribution in [-0.4, -0.2) is 37.5 Å². The molecule has 0 spiro atoms. The lowest BCUT2D eigenvalue weighted by atomic mass is 10.2. The highest BCUT2D eigenvalue weighted by Crippen LogP contribution is 2.23. The first-order chi connectivity index (χ1) is 11.2. The summed E-state index contributed by atoms with van der Waals surface area (Å²) in [6, 6.07) is 7.01. The Morgan fingerprint density at radius 3 is 3.13 bits per heavy atom. The van der Waals surface area contributed by atoms with E-state index in [1.54, 1.807) is 6.07 Å². The molecule has 0 radical (unpaired) electrons. The van der Waals surface area contributed by atoms with E-state index in [0.29, 0.717) is 23.2 Å². The molecule has 1 aliphatic heterocycles. The number of rotatable bonds is 7. The van der Waals surface area contributed by atoms with Gasteiger partial charge < -0.3 is 14.8 Å². The van der Waals surface area contributed by atoms with Gasteiger partial charge in [-0.05, 0) is 53.4 Å². The number of aromatic nitrogens is 1. The molecule has 3 rings (SSSR count). The quantitative estimate of drug-likeness (QED) is 0.730. The van der Waals surface area contributed by atoms with Crippen LogP contribution >= 0.6 is 15.9 Å². The van der Waals surface area contributed by atoms with Crippen molar-refractivity contribution >= 4 is 32.7 Å². The van der Waals surface area contributed by atoms with Crippen LogP contribution in [0.3, 0.4) is 0 Å². The summed E-state index contributed by atoms with van der Waals surface area (Å²) in [5.74, 6) is 0.447. The largest absolute Gasteiger partial charge is 0.379 e. The van der Waals surface area contributed by atoms with Gasteiger partial charge in [-0.25, -0.2) is 9.37 Å². The molecule has 2 aromatic rings. The molecule has 2 heterocycles. The lowest BCUT2D eigenvalue weighted by Crippen LogP contribution is -2.15. The van der Waals surface area contributed by atoms with Gasteiger partial charge in [0.15, 0.2) is 0 Å². The van der Waals surface area contributed by atoms with Crippen LogP contribution in [0, 0.1) is 5.82 Å². The van der Waals surface area contributed by atoms with E-state index in [1.807, 2.05) is 12.1 Å². The van der Waals surface area contributed by atoms with E-state index in [4.69, 9.17) is 9.47 Å². The van der Waals surface area contributed by atoms with Crippen molar-refractivity contribution in [2.75, 3.05) is 31.7 Å². The first-order valence-corrected chi connectivity index (χ1v) is 8.71. The Balaban J connectivity index is 1.43. The first kappa shape index (κ1) is 16.6. The van der Waals surface area contributed by atoms with Gasteiger partial charge in [0.25, 0.3) is 0 Å². The second kappa shape index (κ2) is 8.04. The number of hydrogen-bond donors (Lipinski definition) is 1. The van der Waals surface area contributed by atoms with Crippen LogP contribution in [-0.2, 0) is 9.47 Å². The van der Waals surface area contributed by atoms with Gasteiger partial charge in [-0.1, -0.05) is 0 Å². The number of ether oxygens (including phenoxy) is 2. The molecule has 1 fully saturated rings. The second-order valence-electron chi connectivity index (χ2n) is 5.65. The minimum absolute atomic E-state index is 0.277. The first-order valence-electron chi connectivity index (χ1n) is 7.91. The van der Waals surface area contributed by atoms with Crippen molar-refractivity contribution in [3.8, 4) is 0 Å². The zero-order valence-corrected chi connectivity index (χ0v) is 14.4. The Morgan fingerprint density at radius 2 is 2.30 bits per heavy atom. The molecule has 1 aromatic heterocycles. The van der Waals surface area contributed by atoms with Crippen molar-refractivity contribution < 1.29 is 13.9 Å². The fourth-order valence-corrected chi connectivity index (χ4v) is 2.96. The summed E-state index contributed by atoms with van der Waals surface area (Å²) in [7, 11) is 0. The number of pyridine rings is 1. The van der Waals surface area contributed by atoms with E-state index in [-0.39, 0.29) is 11.9 Å². The zero-order chi connectivity index (χ0) is 16.1. The van der Waals surface area contributed by atoms with E-state index in [1.165, 1.54) is 6.07 Å². The minimum atomic E-state index is -0.301. The van der Waals surface area contributed by atoms with Crippen LogP contribution in [0.15, 0.2) is 28.7 Å². The molecule has 1 N–H and O–H groups in total. The number of halogens is 2. The SMILES string of the molecule is Fc1cc2nc(NCCCOCC3CCCO3)ccc2cc1Br. The number of nitrogens with one attached hydrogen (secondary N) is 1. The fourth-order valence-electron chi connectivity index (χ4n) is 2.60. The lowest BCUT2D eigenvalue weighted by Gasteiger charge is -2.10. The Bertz CT molecular complexity index is 662. The Hall–Kier alpha value is -1.24. The van der Waals surface area contributed by atoms with Gasteiger partial charge in [0, 0.05) is 31.2 Å². The Kier molecular flexibility index (Phi) is 5.80. The van der Waals surface area contributed by atoms with Gasteiger partial charge in [0.2, 0.25) is 0 Å². The van der Waals surface area contributed by atoms with Crippen LogP contribution in [0.4, 0.5) is 10.2 Å². The minimum Gasteiger partial charge on any atom is -0.379 e. The van der Waals surface area contributed by atoms with Gasteiger partial charge in [0.1, 0.15) is 11.6 Å². The molecule has 1 aromatic carbocycles. The fraction of sp³-hybridized carbons (Fsp3) is 0.471. The number of nitrogens with zero attached hydrogens (tertiary/aromatic N) is 1. The normalized spacial score (nSPS) is 17.7. The molecule has 0 aliphatic carbocycles. The molecule has 0 saturated carbocycles.